The van der Waals surface area contributed by atoms with E-state index in [2.05, 4.69) is 57.3 Å². The van der Waals surface area contributed by atoms with Crippen LogP contribution in [0, 0.1) is 5.92 Å². The van der Waals surface area contributed by atoms with E-state index in [1.165, 1.54) is 11.1 Å². The lowest BCUT2D eigenvalue weighted by molar-refractivity contribution is 0.571. The first-order valence-electron chi connectivity index (χ1n) is 5.70. The maximum Gasteiger partial charge on any atom is -0.0124 e. The predicted octanol–water partition coefficient (Wildman–Crippen LogP) is 4.72. The molecule has 84 valence electrons. The first kappa shape index (κ1) is 12.5. The summed E-state index contributed by atoms with van der Waals surface area (Å²) in [5.74, 6) is 0.948. The maximum absolute atomic E-state index is 3.86. The van der Waals surface area contributed by atoms with E-state index in [0.29, 0.717) is 11.8 Å². The molecule has 0 aliphatic rings. The normalized spacial score (nSPS) is 15.2. The second-order valence-electron chi connectivity index (χ2n) is 4.09. The Labute approximate surface area is 99.0 Å². The van der Waals surface area contributed by atoms with Gasteiger partial charge < -0.3 is 0 Å². The molecule has 0 aliphatic heterocycles. The molecule has 0 saturated carbocycles. The van der Waals surface area contributed by atoms with Crippen molar-refractivity contribution in [3.63, 3.8) is 0 Å². The molecule has 1 aromatic carbocycles. The lowest BCUT2D eigenvalue weighted by Gasteiger charge is -2.21. The molecular weight excluding hydrogens is 192 g/mol. The molecule has 0 saturated heterocycles. The quantitative estimate of drug-likeness (QED) is 0.619. The van der Waals surface area contributed by atoms with Crippen molar-refractivity contribution < 1.29 is 0 Å². The average Bonchev–Trinajstić information content (AvgIpc) is 2.35. The summed E-state index contributed by atoms with van der Waals surface area (Å²) in [4.78, 5) is 0. The van der Waals surface area contributed by atoms with E-state index in [0.717, 1.165) is 0 Å². The fourth-order valence-electron chi connectivity index (χ4n) is 1.88. The van der Waals surface area contributed by atoms with Gasteiger partial charge >= 0.3 is 0 Å². The van der Waals surface area contributed by atoms with Crippen LogP contribution in [-0.2, 0) is 0 Å². The number of rotatable bonds is 5. The molecule has 2 atom stereocenters. The van der Waals surface area contributed by atoms with Crippen molar-refractivity contribution in [1.29, 1.82) is 0 Å². The van der Waals surface area contributed by atoms with Crippen molar-refractivity contribution in [2.75, 3.05) is 0 Å². The predicted molar refractivity (Wildman–Crippen MR) is 72.5 cm³/mol. The molecule has 1 aromatic rings. The SMILES string of the molecule is C=C/C=C(\C=C)C(C)C(C)c1ccccc1. The third-order valence-electron chi connectivity index (χ3n) is 3.15. The highest BCUT2D eigenvalue weighted by Crippen LogP contribution is 2.29. The van der Waals surface area contributed by atoms with Gasteiger partial charge in [-0.2, -0.15) is 0 Å². The van der Waals surface area contributed by atoms with E-state index in [4.69, 9.17) is 0 Å². The zero-order valence-corrected chi connectivity index (χ0v) is 10.2. The summed E-state index contributed by atoms with van der Waals surface area (Å²) in [5.41, 5.74) is 2.61. The number of hydrogen-bond donors (Lipinski definition) is 0. The fraction of sp³-hybridized carbons (Fsp3) is 0.250. The summed E-state index contributed by atoms with van der Waals surface area (Å²) >= 11 is 0. The summed E-state index contributed by atoms with van der Waals surface area (Å²) in [5, 5.41) is 0. The van der Waals surface area contributed by atoms with Gasteiger partial charge in [0.15, 0.2) is 0 Å². The van der Waals surface area contributed by atoms with E-state index in [1.54, 1.807) is 0 Å². The van der Waals surface area contributed by atoms with Crippen molar-refractivity contribution in [2.45, 2.75) is 19.8 Å². The molecule has 0 spiro atoms. The smallest absolute Gasteiger partial charge is 0.0124 e. The minimum absolute atomic E-state index is 0.456. The number of allylic oxidation sites excluding steroid dienone is 4. The molecule has 1 rings (SSSR count). The molecule has 0 radical (unpaired) electrons. The van der Waals surface area contributed by atoms with Gasteiger partial charge in [0.1, 0.15) is 0 Å². The van der Waals surface area contributed by atoms with Crippen LogP contribution >= 0.6 is 0 Å². The molecule has 0 heterocycles. The zero-order chi connectivity index (χ0) is 12.0. The Hall–Kier alpha value is -1.56. The fourth-order valence-corrected chi connectivity index (χ4v) is 1.88. The summed E-state index contributed by atoms with van der Waals surface area (Å²) in [6.45, 7) is 12.1. The van der Waals surface area contributed by atoms with Crippen LogP contribution in [0.15, 0.2) is 67.3 Å². The lowest BCUT2D eigenvalue weighted by Crippen LogP contribution is -2.08. The highest BCUT2D eigenvalue weighted by molar-refractivity contribution is 5.29. The van der Waals surface area contributed by atoms with Gasteiger partial charge in [-0.25, -0.2) is 0 Å². The third kappa shape index (κ3) is 2.96. The third-order valence-corrected chi connectivity index (χ3v) is 3.15. The maximum atomic E-state index is 3.86. The molecule has 0 amide bonds. The second-order valence-corrected chi connectivity index (χ2v) is 4.09. The van der Waals surface area contributed by atoms with Crippen LogP contribution in [0.4, 0.5) is 0 Å². The van der Waals surface area contributed by atoms with Crippen molar-refractivity contribution in [3.05, 3.63) is 72.9 Å². The summed E-state index contributed by atoms with van der Waals surface area (Å²) < 4.78 is 0. The van der Waals surface area contributed by atoms with Gasteiger partial charge in [-0.3, -0.25) is 0 Å². The minimum Gasteiger partial charge on any atom is -0.0991 e. The molecule has 0 aromatic heterocycles. The van der Waals surface area contributed by atoms with Crippen molar-refractivity contribution >= 4 is 0 Å². The van der Waals surface area contributed by atoms with E-state index in [9.17, 15) is 0 Å². The van der Waals surface area contributed by atoms with Crippen LogP contribution in [-0.4, -0.2) is 0 Å². The van der Waals surface area contributed by atoms with Gasteiger partial charge in [0.25, 0.3) is 0 Å². The van der Waals surface area contributed by atoms with Gasteiger partial charge in [0.05, 0.1) is 0 Å². The first-order valence-corrected chi connectivity index (χ1v) is 5.70. The average molecular weight is 212 g/mol. The Bertz CT molecular complexity index is 370. The van der Waals surface area contributed by atoms with Crippen LogP contribution in [0.5, 0.6) is 0 Å². The van der Waals surface area contributed by atoms with E-state index in [1.807, 2.05) is 18.2 Å². The largest absolute Gasteiger partial charge is 0.0991 e. The van der Waals surface area contributed by atoms with Crippen molar-refractivity contribution in [2.24, 2.45) is 5.92 Å². The minimum atomic E-state index is 0.456. The molecule has 16 heavy (non-hydrogen) atoms. The molecule has 0 nitrogen and oxygen atoms in total. The van der Waals surface area contributed by atoms with Gasteiger partial charge in [0.2, 0.25) is 0 Å². The van der Waals surface area contributed by atoms with E-state index < -0.39 is 0 Å². The van der Waals surface area contributed by atoms with Gasteiger partial charge in [-0.05, 0) is 23.0 Å². The number of benzene rings is 1. The molecule has 2 unspecified atom stereocenters. The molecule has 0 N–H and O–H groups in total. The Morgan fingerprint density at radius 3 is 2.25 bits per heavy atom. The Kier molecular flexibility index (Phi) is 4.78. The molecular formula is C16H20. The van der Waals surface area contributed by atoms with Crippen LogP contribution in [0.25, 0.3) is 0 Å². The molecule has 0 aliphatic carbocycles. The molecule has 0 fully saturated rings. The summed E-state index contributed by atoms with van der Waals surface area (Å²) in [6, 6.07) is 10.6. The second kappa shape index (κ2) is 6.12. The highest BCUT2D eigenvalue weighted by Gasteiger charge is 2.15. The topological polar surface area (TPSA) is 0 Å². The Morgan fingerprint density at radius 2 is 1.75 bits per heavy atom. The number of hydrogen-bond acceptors (Lipinski definition) is 0. The Morgan fingerprint density at radius 1 is 1.12 bits per heavy atom. The lowest BCUT2D eigenvalue weighted by atomic mass is 9.83. The summed E-state index contributed by atoms with van der Waals surface area (Å²) in [6.07, 6.45) is 5.79. The van der Waals surface area contributed by atoms with Gasteiger partial charge in [-0.1, -0.05) is 75.6 Å². The monoisotopic (exact) mass is 212 g/mol. The van der Waals surface area contributed by atoms with Gasteiger partial charge in [-0.15, -0.1) is 0 Å². The standard InChI is InChI=1S/C16H20/c1-5-10-15(6-2)13(3)14(4)16-11-8-7-9-12-16/h5-14H,1-2H2,3-4H3/b15-10+. The van der Waals surface area contributed by atoms with Gasteiger partial charge in [0, 0.05) is 0 Å². The van der Waals surface area contributed by atoms with Crippen LogP contribution in [0.2, 0.25) is 0 Å². The molecule has 0 heteroatoms. The van der Waals surface area contributed by atoms with Crippen LogP contribution < -0.4 is 0 Å². The van der Waals surface area contributed by atoms with E-state index >= 15 is 0 Å². The van der Waals surface area contributed by atoms with Crippen LogP contribution in [0.3, 0.4) is 0 Å². The zero-order valence-electron chi connectivity index (χ0n) is 10.2. The summed E-state index contributed by atoms with van der Waals surface area (Å²) in [7, 11) is 0. The van der Waals surface area contributed by atoms with Crippen molar-refractivity contribution in [3.8, 4) is 0 Å². The highest BCUT2D eigenvalue weighted by atomic mass is 14.2. The Balaban J connectivity index is 2.89. The van der Waals surface area contributed by atoms with E-state index in [-0.39, 0.29) is 0 Å². The van der Waals surface area contributed by atoms with Crippen LogP contribution in [0.1, 0.15) is 25.3 Å². The molecule has 0 bridgehead atoms. The first-order chi connectivity index (χ1) is 7.70. The van der Waals surface area contributed by atoms with Crippen molar-refractivity contribution in [1.82, 2.24) is 0 Å².